The SMILES string of the molecule is Cc1cccc(/C=C(\NC(=O)c2ccccc2)C(=O)Nc2cccc(SCC(=O)c3cccs3)c2)c1. The van der Waals surface area contributed by atoms with E-state index < -0.39 is 5.91 Å². The van der Waals surface area contributed by atoms with E-state index in [-0.39, 0.29) is 17.4 Å². The number of anilines is 1. The predicted octanol–water partition coefficient (Wildman–Crippen LogP) is 6.44. The summed E-state index contributed by atoms with van der Waals surface area (Å²) in [4.78, 5) is 40.0. The van der Waals surface area contributed by atoms with Crippen LogP contribution in [0.15, 0.2) is 107 Å². The Kier molecular flexibility index (Phi) is 8.49. The number of ketones is 1. The Morgan fingerprint density at radius 2 is 1.69 bits per heavy atom. The number of hydrogen-bond acceptors (Lipinski definition) is 5. The van der Waals surface area contributed by atoms with Gasteiger partial charge in [0.2, 0.25) is 0 Å². The maximum absolute atomic E-state index is 13.2. The van der Waals surface area contributed by atoms with E-state index in [0.29, 0.717) is 17.0 Å². The molecule has 0 saturated heterocycles. The first-order valence-electron chi connectivity index (χ1n) is 11.2. The van der Waals surface area contributed by atoms with Crippen LogP contribution in [0.4, 0.5) is 5.69 Å². The van der Waals surface area contributed by atoms with Crippen molar-refractivity contribution in [3.8, 4) is 0 Å². The van der Waals surface area contributed by atoms with Gasteiger partial charge in [-0.2, -0.15) is 0 Å². The van der Waals surface area contributed by atoms with Crippen molar-refractivity contribution in [1.29, 1.82) is 0 Å². The van der Waals surface area contributed by atoms with E-state index in [1.54, 1.807) is 36.4 Å². The summed E-state index contributed by atoms with van der Waals surface area (Å²) in [6.45, 7) is 1.96. The second-order valence-electron chi connectivity index (χ2n) is 7.96. The lowest BCUT2D eigenvalue weighted by atomic mass is 10.1. The van der Waals surface area contributed by atoms with Gasteiger partial charge < -0.3 is 10.6 Å². The number of hydrogen-bond donors (Lipinski definition) is 2. The molecule has 2 N–H and O–H groups in total. The molecule has 1 heterocycles. The zero-order valence-corrected chi connectivity index (χ0v) is 21.2. The molecule has 0 saturated carbocycles. The second-order valence-corrected chi connectivity index (χ2v) is 9.96. The summed E-state index contributed by atoms with van der Waals surface area (Å²) >= 11 is 2.83. The fraction of sp³-hybridized carbons (Fsp3) is 0.0690. The van der Waals surface area contributed by atoms with Crippen LogP contribution in [-0.4, -0.2) is 23.4 Å². The third-order valence-corrected chi connectivity index (χ3v) is 7.04. The molecule has 2 amide bonds. The highest BCUT2D eigenvalue weighted by Crippen LogP contribution is 2.24. The van der Waals surface area contributed by atoms with Crippen LogP contribution in [0.25, 0.3) is 6.08 Å². The van der Waals surface area contributed by atoms with Gasteiger partial charge in [-0.15, -0.1) is 23.1 Å². The number of aryl methyl sites for hydroxylation is 1. The van der Waals surface area contributed by atoms with Crippen LogP contribution in [0, 0.1) is 6.92 Å². The number of thioether (sulfide) groups is 1. The maximum atomic E-state index is 13.2. The molecule has 36 heavy (non-hydrogen) atoms. The highest BCUT2D eigenvalue weighted by molar-refractivity contribution is 8.00. The van der Waals surface area contributed by atoms with Gasteiger partial charge in [0.25, 0.3) is 11.8 Å². The van der Waals surface area contributed by atoms with E-state index in [0.717, 1.165) is 20.9 Å². The molecule has 0 spiro atoms. The zero-order valence-electron chi connectivity index (χ0n) is 19.6. The van der Waals surface area contributed by atoms with Crippen LogP contribution in [0.2, 0.25) is 0 Å². The van der Waals surface area contributed by atoms with Crippen LogP contribution in [0.5, 0.6) is 0 Å². The van der Waals surface area contributed by atoms with E-state index in [1.807, 2.05) is 73.0 Å². The number of benzene rings is 3. The minimum absolute atomic E-state index is 0.0661. The standard InChI is InChI=1S/C29H24N2O3S2/c1-20-8-5-9-21(16-20)17-25(31-28(33)22-10-3-2-4-11-22)29(34)30-23-12-6-13-24(18-23)36-19-26(32)27-14-7-15-35-27/h2-18H,19H2,1H3,(H,30,34)(H,31,33)/b25-17-. The summed E-state index contributed by atoms with van der Waals surface area (Å²) in [6, 6.07) is 27.4. The van der Waals surface area contributed by atoms with Crippen molar-refractivity contribution in [2.24, 2.45) is 0 Å². The Hall–Kier alpha value is -3.94. The number of Topliss-reactive ketones (excluding diaryl/α,β-unsaturated/α-hetero) is 1. The molecule has 7 heteroatoms. The minimum Gasteiger partial charge on any atom is -0.321 e. The van der Waals surface area contributed by atoms with Crippen molar-refractivity contribution in [3.63, 3.8) is 0 Å². The number of amides is 2. The van der Waals surface area contributed by atoms with Gasteiger partial charge in [0, 0.05) is 16.1 Å². The lowest BCUT2D eigenvalue weighted by Gasteiger charge is -2.12. The molecule has 0 unspecified atom stereocenters. The van der Waals surface area contributed by atoms with Gasteiger partial charge in [-0.1, -0.05) is 60.2 Å². The molecule has 5 nitrogen and oxygen atoms in total. The fourth-order valence-electron chi connectivity index (χ4n) is 3.39. The largest absolute Gasteiger partial charge is 0.321 e. The molecule has 4 rings (SSSR count). The van der Waals surface area contributed by atoms with Gasteiger partial charge >= 0.3 is 0 Å². The third-order valence-electron chi connectivity index (χ3n) is 5.14. The highest BCUT2D eigenvalue weighted by atomic mass is 32.2. The van der Waals surface area contributed by atoms with Crippen molar-refractivity contribution in [1.82, 2.24) is 5.32 Å². The summed E-state index contributed by atoms with van der Waals surface area (Å²) in [7, 11) is 0. The van der Waals surface area contributed by atoms with Gasteiger partial charge in [-0.25, -0.2) is 0 Å². The summed E-state index contributed by atoms with van der Waals surface area (Å²) in [5, 5.41) is 7.51. The number of carbonyl (C=O) groups is 3. The molecule has 0 atom stereocenters. The van der Waals surface area contributed by atoms with E-state index in [2.05, 4.69) is 10.6 Å². The van der Waals surface area contributed by atoms with Crippen LogP contribution in [0.1, 0.15) is 31.2 Å². The molecule has 0 aliphatic rings. The molecule has 4 aromatic rings. The smallest absolute Gasteiger partial charge is 0.272 e. The average Bonchev–Trinajstić information content (AvgIpc) is 3.43. The monoisotopic (exact) mass is 512 g/mol. The molecule has 1 aromatic heterocycles. The summed E-state index contributed by atoms with van der Waals surface area (Å²) in [5.41, 5.74) is 2.98. The highest BCUT2D eigenvalue weighted by Gasteiger charge is 2.16. The Balaban J connectivity index is 1.50. The molecular formula is C29H24N2O3S2. The van der Waals surface area contributed by atoms with Crippen molar-refractivity contribution >= 4 is 52.5 Å². The van der Waals surface area contributed by atoms with Crippen molar-refractivity contribution in [2.75, 3.05) is 11.1 Å². The molecule has 0 aliphatic carbocycles. The zero-order chi connectivity index (χ0) is 25.3. The van der Waals surface area contributed by atoms with Crippen LogP contribution in [-0.2, 0) is 4.79 Å². The van der Waals surface area contributed by atoms with E-state index in [4.69, 9.17) is 0 Å². The summed E-state index contributed by atoms with van der Waals surface area (Å²) in [5.74, 6) is -0.445. The summed E-state index contributed by atoms with van der Waals surface area (Å²) < 4.78 is 0. The molecule has 0 bridgehead atoms. The maximum Gasteiger partial charge on any atom is 0.272 e. The van der Waals surface area contributed by atoms with Crippen molar-refractivity contribution in [3.05, 3.63) is 124 Å². The quantitative estimate of drug-likeness (QED) is 0.154. The van der Waals surface area contributed by atoms with Crippen LogP contribution in [0.3, 0.4) is 0 Å². The molecular weight excluding hydrogens is 488 g/mol. The van der Waals surface area contributed by atoms with Crippen molar-refractivity contribution in [2.45, 2.75) is 11.8 Å². The lowest BCUT2D eigenvalue weighted by molar-refractivity contribution is -0.113. The molecule has 0 radical (unpaired) electrons. The average molecular weight is 513 g/mol. The van der Waals surface area contributed by atoms with E-state index >= 15 is 0 Å². The first-order chi connectivity index (χ1) is 17.5. The van der Waals surface area contributed by atoms with Gasteiger partial charge in [-0.3, -0.25) is 14.4 Å². The number of carbonyl (C=O) groups excluding carboxylic acids is 3. The number of thiophene rings is 1. The lowest BCUT2D eigenvalue weighted by Crippen LogP contribution is -2.30. The Morgan fingerprint density at radius 3 is 2.44 bits per heavy atom. The molecule has 0 fully saturated rings. The topological polar surface area (TPSA) is 75.3 Å². The Labute approximate surface area is 218 Å². The van der Waals surface area contributed by atoms with E-state index in [1.165, 1.54) is 23.1 Å². The van der Waals surface area contributed by atoms with Gasteiger partial charge in [0.05, 0.1) is 10.6 Å². The normalized spacial score (nSPS) is 11.1. The molecule has 3 aromatic carbocycles. The van der Waals surface area contributed by atoms with Crippen LogP contribution >= 0.6 is 23.1 Å². The van der Waals surface area contributed by atoms with Gasteiger partial charge in [-0.05, 0) is 60.3 Å². The predicted molar refractivity (Wildman–Crippen MR) is 148 cm³/mol. The molecule has 0 aliphatic heterocycles. The minimum atomic E-state index is -0.447. The first kappa shape index (κ1) is 25.2. The third kappa shape index (κ3) is 7.04. The summed E-state index contributed by atoms with van der Waals surface area (Å²) in [6.07, 6.45) is 1.65. The van der Waals surface area contributed by atoms with E-state index in [9.17, 15) is 14.4 Å². The second kappa shape index (κ2) is 12.2. The first-order valence-corrected chi connectivity index (χ1v) is 13.1. The number of rotatable bonds is 9. The van der Waals surface area contributed by atoms with Crippen molar-refractivity contribution < 1.29 is 14.4 Å². The van der Waals surface area contributed by atoms with Gasteiger partial charge in [0.15, 0.2) is 5.78 Å². The Morgan fingerprint density at radius 1 is 0.889 bits per heavy atom. The van der Waals surface area contributed by atoms with Crippen LogP contribution < -0.4 is 10.6 Å². The molecule has 180 valence electrons. The fourth-order valence-corrected chi connectivity index (χ4v) is 4.98. The number of nitrogens with one attached hydrogen (secondary N) is 2. The Bertz CT molecular complexity index is 1400. The van der Waals surface area contributed by atoms with Gasteiger partial charge in [0.1, 0.15) is 5.70 Å².